The summed E-state index contributed by atoms with van der Waals surface area (Å²) in [7, 11) is 0. The lowest BCUT2D eigenvalue weighted by molar-refractivity contribution is -0.148. The lowest BCUT2D eigenvalue weighted by atomic mass is 9.74. The second kappa shape index (κ2) is 5.36. The van der Waals surface area contributed by atoms with E-state index in [1.807, 2.05) is 31.2 Å². The van der Waals surface area contributed by atoms with Gasteiger partial charge >= 0.3 is 5.97 Å². The molecule has 5 unspecified atom stereocenters. The van der Waals surface area contributed by atoms with Crippen molar-refractivity contribution < 1.29 is 28.9 Å². The summed E-state index contributed by atoms with van der Waals surface area (Å²) in [6.07, 6.45) is 3.06. The van der Waals surface area contributed by atoms with Gasteiger partial charge in [-0.3, -0.25) is 9.59 Å². The van der Waals surface area contributed by atoms with E-state index in [-0.39, 0.29) is 12.7 Å². The molecular weight excluding hydrogens is 350 g/mol. The monoisotopic (exact) mass is 369 g/mol. The Bertz CT molecular complexity index is 908. The van der Waals surface area contributed by atoms with Crippen molar-refractivity contribution in [3.05, 3.63) is 48.1 Å². The number of carbonyl (C=O) groups excluding carboxylic acids is 1. The van der Waals surface area contributed by atoms with Crippen molar-refractivity contribution in [2.75, 3.05) is 6.79 Å². The molecule has 5 rings (SSSR count). The van der Waals surface area contributed by atoms with Gasteiger partial charge in [0.25, 0.3) is 0 Å². The summed E-state index contributed by atoms with van der Waals surface area (Å²) >= 11 is 0. The van der Waals surface area contributed by atoms with E-state index < -0.39 is 35.6 Å². The molecule has 2 saturated heterocycles. The topological polar surface area (TPSA) is 85.3 Å². The normalized spacial score (nSPS) is 35.0. The van der Waals surface area contributed by atoms with E-state index in [1.165, 1.54) is 0 Å². The van der Waals surface area contributed by atoms with Crippen LogP contribution in [0.4, 0.5) is 0 Å². The second-order valence-electron chi connectivity index (χ2n) is 7.54. The predicted octanol–water partition coefficient (Wildman–Crippen LogP) is 1.73. The fourth-order valence-corrected chi connectivity index (χ4v) is 4.96. The first-order chi connectivity index (χ1) is 12.9. The Morgan fingerprint density at radius 2 is 2.15 bits per heavy atom. The minimum absolute atomic E-state index is 0.182. The van der Waals surface area contributed by atoms with Crippen molar-refractivity contribution in [3.8, 4) is 11.5 Å². The molecular formula is C20H19NO6. The summed E-state index contributed by atoms with van der Waals surface area (Å²) in [5, 5.41) is 9.67. The van der Waals surface area contributed by atoms with Crippen LogP contribution in [0.1, 0.15) is 12.5 Å². The number of fused-ring (bicyclic) bond motifs is 2. The number of carboxylic acids is 1. The van der Waals surface area contributed by atoms with E-state index in [4.69, 9.17) is 14.2 Å². The molecule has 27 heavy (non-hydrogen) atoms. The van der Waals surface area contributed by atoms with E-state index in [0.29, 0.717) is 18.0 Å². The van der Waals surface area contributed by atoms with Gasteiger partial charge in [0.1, 0.15) is 11.5 Å². The van der Waals surface area contributed by atoms with Crippen LogP contribution in [-0.2, 0) is 20.9 Å². The maximum Gasteiger partial charge on any atom is 0.310 e. The third kappa shape index (κ3) is 2.06. The molecule has 0 saturated carbocycles. The third-order valence-electron chi connectivity index (χ3n) is 5.92. The highest BCUT2D eigenvalue weighted by molar-refractivity contribution is 5.92. The van der Waals surface area contributed by atoms with Gasteiger partial charge in [0.15, 0.2) is 11.5 Å². The minimum Gasteiger partial charge on any atom is -0.481 e. The highest BCUT2D eigenvalue weighted by Gasteiger charge is 2.71. The fraction of sp³-hybridized carbons (Fsp3) is 0.400. The quantitative estimate of drug-likeness (QED) is 0.814. The first-order valence-electron chi connectivity index (χ1n) is 8.87. The SMILES string of the molecule is C=C(C)C1N(Cc2ccc3c(c2)OCO3)C(=O)C2C(C(=O)O)C3C=CC21O3. The molecule has 1 amide bonds. The highest BCUT2D eigenvalue weighted by atomic mass is 16.7. The summed E-state index contributed by atoms with van der Waals surface area (Å²) < 4.78 is 16.8. The third-order valence-corrected chi connectivity index (χ3v) is 5.92. The van der Waals surface area contributed by atoms with Crippen molar-refractivity contribution in [1.82, 2.24) is 4.90 Å². The molecule has 1 aromatic carbocycles. The number of hydrogen-bond donors (Lipinski definition) is 1. The summed E-state index contributed by atoms with van der Waals surface area (Å²) in [6.45, 7) is 6.41. The molecule has 7 heteroatoms. The van der Waals surface area contributed by atoms with Gasteiger partial charge in [-0.2, -0.15) is 0 Å². The highest BCUT2D eigenvalue weighted by Crippen LogP contribution is 2.56. The molecule has 1 N–H and O–H groups in total. The molecule has 7 nitrogen and oxygen atoms in total. The Hall–Kier alpha value is -2.80. The Labute approximate surface area is 155 Å². The van der Waals surface area contributed by atoms with E-state index in [0.717, 1.165) is 11.1 Å². The van der Waals surface area contributed by atoms with Crippen molar-refractivity contribution >= 4 is 11.9 Å². The molecule has 140 valence electrons. The molecule has 0 aliphatic carbocycles. The van der Waals surface area contributed by atoms with Gasteiger partial charge < -0.3 is 24.2 Å². The number of aliphatic carboxylic acids is 1. The van der Waals surface area contributed by atoms with Crippen LogP contribution >= 0.6 is 0 Å². The van der Waals surface area contributed by atoms with Gasteiger partial charge in [0.2, 0.25) is 12.7 Å². The fourth-order valence-electron chi connectivity index (χ4n) is 4.96. The smallest absolute Gasteiger partial charge is 0.310 e. The van der Waals surface area contributed by atoms with Crippen LogP contribution in [0.3, 0.4) is 0 Å². The molecule has 2 fully saturated rings. The maximum atomic E-state index is 13.3. The molecule has 0 radical (unpaired) electrons. The number of hydrogen-bond acceptors (Lipinski definition) is 5. The molecule has 0 aromatic heterocycles. The van der Waals surface area contributed by atoms with Gasteiger partial charge in [-0.25, -0.2) is 0 Å². The van der Waals surface area contributed by atoms with E-state index >= 15 is 0 Å². The second-order valence-corrected chi connectivity index (χ2v) is 7.54. The molecule has 1 spiro atoms. The van der Waals surface area contributed by atoms with Crippen LogP contribution in [0.5, 0.6) is 11.5 Å². The zero-order valence-corrected chi connectivity index (χ0v) is 14.8. The van der Waals surface area contributed by atoms with E-state index in [9.17, 15) is 14.7 Å². The Morgan fingerprint density at radius 1 is 1.37 bits per heavy atom. The first kappa shape index (κ1) is 16.4. The van der Waals surface area contributed by atoms with Crippen molar-refractivity contribution in [3.63, 3.8) is 0 Å². The molecule has 2 bridgehead atoms. The lowest BCUT2D eigenvalue weighted by Gasteiger charge is -2.33. The summed E-state index contributed by atoms with van der Waals surface area (Å²) in [4.78, 5) is 26.8. The van der Waals surface area contributed by atoms with E-state index in [2.05, 4.69) is 6.58 Å². The average molecular weight is 369 g/mol. The molecule has 4 aliphatic heterocycles. The van der Waals surface area contributed by atoms with Crippen LogP contribution in [0.2, 0.25) is 0 Å². The summed E-state index contributed by atoms with van der Waals surface area (Å²) in [5.41, 5.74) is 0.691. The van der Waals surface area contributed by atoms with Crippen molar-refractivity contribution in [1.29, 1.82) is 0 Å². The number of likely N-dealkylation sites (tertiary alicyclic amines) is 1. The number of nitrogens with zero attached hydrogens (tertiary/aromatic N) is 1. The molecule has 4 aliphatic rings. The van der Waals surface area contributed by atoms with Crippen LogP contribution in [0.25, 0.3) is 0 Å². The maximum absolute atomic E-state index is 13.3. The number of benzene rings is 1. The van der Waals surface area contributed by atoms with Crippen molar-refractivity contribution in [2.24, 2.45) is 11.8 Å². The van der Waals surface area contributed by atoms with Crippen LogP contribution in [0.15, 0.2) is 42.5 Å². The molecule has 5 atom stereocenters. The van der Waals surface area contributed by atoms with Gasteiger partial charge in [-0.1, -0.05) is 30.4 Å². The Morgan fingerprint density at radius 3 is 2.89 bits per heavy atom. The van der Waals surface area contributed by atoms with Gasteiger partial charge in [-0.15, -0.1) is 0 Å². The number of carbonyl (C=O) groups is 2. The predicted molar refractivity (Wildman–Crippen MR) is 93.1 cm³/mol. The number of amides is 1. The van der Waals surface area contributed by atoms with Gasteiger partial charge in [-0.05, 0) is 24.6 Å². The standard InChI is InChI=1S/C20H19NO6/c1-10(2)17-20-6-5-13(27-20)15(19(23)24)16(20)18(22)21(17)8-11-3-4-12-14(7-11)26-9-25-12/h3-7,13,15-17H,1,8-9H2,2H3,(H,23,24). The first-order valence-corrected chi connectivity index (χ1v) is 8.87. The number of carboxylic acid groups (broad SMARTS) is 1. The molecule has 1 aromatic rings. The zero-order valence-electron chi connectivity index (χ0n) is 14.8. The van der Waals surface area contributed by atoms with Crippen LogP contribution in [-0.4, -0.2) is 46.4 Å². The van der Waals surface area contributed by atoms with E-state index in [1.54, 1.807) is 11.0 Å². The number of ether oxygens (including phenoxy) is 3. The Balaban J connectivity index is 1.53. The van der Waals surface area contributed by atoms with Gasteiger partial charge in [0.05, 0.1) is 18.1 Å². The summed E-state index contributed by atoms with van der Waals surface area (Å²) in [5.74, 6) is -1.50. The van der Waals surface area contributed by atoms with Crippen LogP contribution in [0, 0.1) is 11.8 Å². The molecule has 4 heterocycles. The van der Waals surface area contributed by atoms with Gasteiger partial charge in [0, 0.05) is 6.54 Å². The summed E-state index contributed by atoms with van der Waals surface area (Å²) in [6, 6.07) is 5.13. The zero-order chi connectivity index (χ0) is 18.9. The van der Waals surface area contributed by atoms with Crippen molar-refractivity contribution in [2.45, 2.75) is 31.2 Å². The van der Waals surface area contributed by atoms with Crippen LogP contribution < -0.4 is 9.47 Å². The Kier molecular flexibility index (Phi) is 3.25. The average Bonchev–Trinajstić information content (AvgIpc) is 3.35. The number of rotatable bonds is 4. The largest absolute Gasteiger partial charge is 0.481 e. The minimum atomic E-state index is -1.00. The lowest BCUT2D eigenvalue weighted by Crippen LogP contribution is -2.45.